The fourth-order valence-corrected chi connectivity index (χ4v) is 2.59. The number of allylic oxidation sites excluding steroid dienone is 1. The van der Waals surface area contributed by atoms with Crippen LogP contribution in [0.15, 0.2) is 58.6 Å². The lowest BCUT2D eigenvalue weighted by Crippen LogP contribution is -2.21. The lowest BCUT2D eigenvalue weighted by Gasteiger charge is -1.99. The Morgan fingerprint density at radius 1 is 1.29 bits per heavy atom. The van der Waals surface area contributed by atoms with E-state index in [4.69, 9.17) is 12.2 Å². The Balaban J connectivity index is 1.48. The largest absolute Gasteiger partial charge is 0.335 e. The summed E-state index contributed by atoms with van der Waals surface area (Å²) in [5, 5.41) is 11.9. The lowest BCUT2D eigenvalue weighted by molar-refractivity contribution is -0.120. The molecule has 0 aliphatic rings. The van der Waals surface area contributed by atoms with E-state index in [1.54, 1.807) is 16.8 Å². The minimum atomic E-state index is -0.380. The summed E-state index contributed by atoms with van der Waals surface area (Å²) in [6.07, 6.45) is 6.55. The highest BCUT2D eigenvalue weighted by Gasteiger charge is 2.03. The number of hydrogen-bond acceptors (Lipinski definition) is 6. The van der Waals surface area contributed by atoms with E-state index in [2.05, 4.69) is 30.8 Å². The Kier molecular flexibility index (Phi) is 6.37. The van der Waals surface area contributed by atoms with Gasteiger partial charge in [0.25, 0.3) is 5.56 Å². The van der Waals surface area contributed by atoms with Gasteiger partial charge in [-0.1, -0.05) is 35.5 Å². The highest BCUT2D eigenvalue weighted by Crippen LogP contribution is 2.02. The average molecular weight is 395 g/mol. The Labute approximate surface area is 164 Å². The molecule has 0 radical (unpaired) electrons. The van der Waals surface area contributed by atoms with Gasteiger partial charge in [-0.25, -0.2) is 10.1 Å². The molecule has 0 bridgehead atoms. The van der Waals surface area contributed by atoms with Crippen molar-refractivity contribution in [2.24, 2.45) is 5.10 Å². The molecule has 0 aliphatic carbocycles. The van der Waals surface area contributed by atoms with Crippen LogP contribution in [0.5, 0.6) is 0 Å². The maximum atomic E-state index is 11.8. The number of benzene rings is 1. The second-order valence-electron chi connectivity index (χ2n) is 5.79. The van der Waals surface area contributed by atoms with Crippen molar-refractivity contribution in [1.82, 2.24) is 30.4 Å². The molecule has 2 heterocycles. The molecule has 3 rings (SSSR count). The van der Waals surface area contributed by atoms with Crippen LogP contribution < -0.4 is 11.0 Å². The normalized spacial score (nSPS) is 11.3. The zero-order valence-corrected chi connectivity index (χ0v) is 15.5. The predicted octanol–water partition coefficient (Wildman–Crippen LogP) is 1.43. The van der Waals surface area contributed by atoms with Crippen LogP contribution in [-0.2, 0) is 17.8 Å². The van der Waals surface area contributed by atoms with Gasteiger partial charge in [-0.15, -0.1) is 5.10 Å². The van der Waals surface area contributed by atoms with Crippen LogP contribution in [0.1, 0.15) is 17.0 Å². The van der Waals surface area contributed by atoms with Crippen molar-refractivity contribution in [3.63, 3.8) is 0 Å². The van der Waals surface area contributed by atoms with Gasteiger partial charge in [0.2, 0.25) is 5.91 Å². The molecule has 1 aromatic carbocycles. The van der Waals surface area contributed by atoms with E-state index in [1.807, 2.05) is 36.5 Å². The summed E-state index contributed by atoms with van der Waals surface area (Å²) in [5.74, 6) is -0.380. The molecule has 1 amide bonds. The van der Waals surface area contributed by atoms with E-state index in [0.29, 0.717) is 17.9 Å². The Hall–Kier alpha value is -3.66. The topological polar surface area (TPSA) is 121 Å². The predicted molar refractivity (Wildman–Crippen MR) is 107 cm³/mol. The number of carbonyl (C=O) groups is 1. The second-order valence-corrected chi connectivity index (χ2v) is 6.20. The molecule has 0 aliphatic heterocycles. The molecule has 0 atom stereocenters. The third-order valence-corrected chi connectivity index (χ3v) is 3.73. The molecule has 0 unspecified atom stereocenters. The highest BCUT2D eigenvalue weighted by molar-refractivity contribution is 7.71. The highest BCUT2D eigenvalue weighted by atomic mass is 32.1. The SMILES string of the molecule is O=C(Cc1cc(=O)[nH]c(=S)[nH]1)N/N=C\C=C\c1cn(Cc2ccccc2)nn1. The van der Waals surface area contributed by atoms with Crippen LogP contribution in [0, 0.1) is 4.77 Å². The molecule has 0 saturated heterocycles. The van der Waals surface area contributed by atoms with E-state index in [9.17, 15) is 9.59 Å². The first-order valence-electron chi connectivity index (χ1n) is 8.33. The van der Waals surface area contributed by atoms with Gasteiger partial charge in [-0.3, -0.25) is 14.6 Å². The number of carbonyl (C=O) groups excluding carboxylic acids is 1. The van der Waals surface area contributed by atoms with Gasteiger partial charge in [0.05, 0.1) is 19.2 Å². The van der Waals surface area contributed by atoms with Crippen LogP contribution in [0.2, 0.25) is 0 Å². The first kappa shape index (κ1) is 19.1. The van der Waals surface area contributed by atoms with E-state index < -0.39 is 0 Å². The van der Waals surface area contributed by atoms with Crippen LogP contribution in [-0.4, -0.2) is 37.1 Å². The van der Waals surface area contributed by atoms with Gasteiger partial charge in [0.15, 0.2) is 4.77 Å². The fraction of sp³-hybridized carbons (Fsp3) is 0.111. The third kappa shape index (κ3) is 5.95. The molecule has 2 aromatic heterocycles. The molecule has 3 N–H and O–H groups in total. The molecule has 0 saturated carbocycles. The van der Waals surface area contributed by atoms with E-state index in [1.165, 1.54) is 12.3 Å². The number of hydrazone groups is 1. The zero-order chi connectivity index (χ0) is 19.8. The van der Waals surface area contributed by atoms with E-state index >= 15 is 0 Å². The Morgan fingerprint density at radius 3 is 2.89 bits per heavy atom. The summed E-state index contributed by atoms with van der Waals surface area (Å²) >= 11 is 4.85. The molecule has 9 nitrogen and oxygen atoms in total. The Bertz CT molecular complexity index is 1080. The minimum Gasteiger partial charge on any atom is -0.335 e. The first-order valence-corrected chi connectivity index (χ1v) is 8.74. The average Bonchev–Trinajstić information content (AvgIpc) is 3.08. The van der Waals surface area contributed by atoms with Gasteiger partial charge in [0, 0.05) is 18.0 Å². The first-order chi connectivity index (χ1) is 13.6. The van der Waals surface area contributed by atoms with Crippen LogP contribution in [0.4, 0.5) is 0 Å². The maximum absolute atomic E-state index is 11.8. The van der Waals surface area contributed by atoms with Crippen molar-refractivity contribution < 1.29 is 4.79 Å². The fourth-order valence-electron chi connectivity index (χ4n) is 2.36. The number of H-pyrrole nitrogens is 2. The molecule has 28 heavy (non-hydrogen) atoms. The monoisotopic (exact) mass is 395 g/mol. The number of nitrogens with zero attached hydrogens (tertiary/aromatic N) is 4. The molecule has 142 valence electrons. The maximum Gasteiger partial charge on any atom is 0.251 e. The molecular weight excluding hydrogens is 378 g/mol. The van der Waals surface area contributed by atoms with Gasteiger partial charge < -0.3 is 4.98 Å². The number of amides is 1. The molecule has 0 fully saturated rings. The molecule has 3 aromatic rings. The number of aromatic nitrogens is 5. The van der Waals surface area contributed by atoms with Crippen molar-refractivity contribution in [3.05, 3.63) is 80.7 Å². The summed E-state index contributed by atoms with van der Waals surface area (Å²) < 4.78 is 1.90. The smallest absolute Gasteiger partial charge is 0.251 e. The van der Waals surface area contributed by atoms with Gasteiger partial charge in [-0.05, 0) is 29.9 Å². The van der Waals surface area contributed by atoms with Crippen molar-refractivity contribution in [3.8, 4) is 0 Å². The zero-order valence-electron chi connectivity index (χ0n) is 14.7. The molecule has 0 spiro atoms. The summed E-state index contributed by atoms with van der Waals surface area (Å²) in [6, 6.07) is 11.2. The van der Waals surface area contributed by atoms with Crippen molar-refractivity contribution >= 4 is 30.4 Å². The number of nitrogens with one attached hydrogen (secondary N) is 3. The summed E-state index contributed by atoms with van der Waals surface area (Å²) in [5.41, 5.74) is 4.22. The van der Waals surface area contributed by atoms with Gasteiger partial charge in [0.1, 0.15) is 5.69 Å². The van der Waals surface area contributed by atoms with Crippen molar-refractivity contribution in [2.45, 2.75) is 13.0 Å². The van der Waals surface area contributed by atoms with E-state index in [0.717, 1.165) is 5.56 Å². The van der Waals surface area contributed by atoms with Crippen molar-refractivity contribution in [2.75, 3.05) is 0 Å². The number of rotatable bonds is 7. The van der Waals surface area contributed by atoms with E-state index in [-0.39, 0.29) is 22.7 Å². The van der Waals surface area contributed by atoms with Gasteiger partial charge >= 0.3 is 0 Å². The minimum absolute atomic E-state index is 0.0393. The molecule has 10 heteroatoms. The van der Waals surface area contributed by atoms with Crippen molar-refractivity contribution in [1.29, 1.82) is 0 Å². The summed E-state index contributed by atoms with van der Waals surface area (Å²) in [4.78, 5) is 28.2. The number of aromatic amines is 2. The lowest BCUT2D eigenvalue weighted by atomic mass is 10.2. The summed E-state index contributed by atoms with van der Waals surface area (Å²) in [6.45, 7) is 0.636. The van der Waals surface area contributed by atoms with Crippen LogP contribution >= 0.6 is 12.2 Å². The second kappa shape index (κ2) is 9.33. The Morgan fingerprint density at radius 2 is 2.11 bits per heavy atom. The summed E-state index contributed by atoms with van der Waals surface area (Å²) in [7, 11) is 0. The van der Waals surface area contributed by atoms with Crippen LogP contribution in [0.3, 0.4) is 0 Å². The standard InChI is InChI=1S/C18H17N7O2S/c26-16-9-15(20-18(28)21-16)10-17(27)23-19-8-4-7-14-12-25(24-22-14)11-13-5-2-1-3-6-13/h1-9,12H,10-11H2,(H,23,27)(H2,20,21,26,28)/b7-4+,19-8-. The molecular formula is C18H17N7O2S. The third-order valence-electron chi connectivity index (χ3n) is 3.53. The van der Waals surface area contributed by atoms with Gasteiger partial charge in [-0.2, -0.15) is 5.10 Å². The quantitative estimate of drug-likeness (QED) is 0.317. The van der Waals surface area contributed by atoms with Crippen LogP contribution in [0.25, 0.3) is 6.08 Å². The number of hydrogen-bond donors (Lipinski definition) is 3.